The number of fused-ring (bicyclic) bond motifs is 3. The fourth-order valence-electron chi connectivity index (χ4n) is 4.93. The van der Waals surface area contributed by atoms with Crippen molar-refractivity contribution in [1.82, 2.24) is 35.0 Å². The Hall–Kier alpha value is -3.53. The van der Waals surface area contributed by atoms with Crippen LogP contribution in [0.4, 0.5) is 17.6 Å². The molecule has 10 nitrogen and oxygen atoms in total. The molecule has 1 saturated heterocycles. The van der Waals surface area contributed by atoms with Gasteiger partial charge in [0, 0.05) is 55.4 Å². The van der Waals surface area contributed by atoms with Gasteiger partial charge >= 0.3 is 0 Å². The van der Waals surface area contributed by atoms with Crippen LogP contribution >= 0.6 is 0 Å². The van der Waals surface area contributed by atoms with Crippen LogP contribution in [0.15, 0.2) is 35.4 Å². The first-order valence-corrected chi connectivity index (χ1v) is 11.2. The Morgan fingerprint density at radius 3 is 2.66 bits per heavy atom. The third-order valence-corrected chi connectivity index (χ3v) is 6.48. The SMILES string of the molecule is O=c1[nH]ccc2c3cnc(Nc4ccc(N5CCNCC5)nn4)nc3n(C3CCCC3)c12. The second kappa shape index (κ2) is 7.86. The van der Waals surface area contributed by atoms with Gasteiger partial charge in [-0.3, -0.25) is 4.79 Å². The molecule has 4 aromatic rings. The molecule has 1 aliphatic carbocycles. The largest absolute Gasteiger partial charge is 0.353 e. The summed E-state index contributed by atoms with van der Waals surface area (Å²) in [6.07, 6.45) is 7.92. The molecule has 0 atom stereocenters. The zero-order chi connectivity index (χ0) is 21.5. The second-order valence-electron chi connectivity index (χ2n) is 8.45. The summed E-state index contributed by atoms with van der Waals surface area (Å²) in [5, 5.41) is 17.0. The molecule has 0 amide bonds. The highest BCUT2D eigenvalue weighted by molar-refractivity contribution is 6.06. The summed E-state index contributed by atoms with van der Waals surface area (Å²) in [5.74, 6) is 1.90. The van der Waals surface area contributed by atoms with Crippen LogP contribution in [0.3, 0.4) is 0 Å². The van der Waals surface area contributed by atoms with Crippen LogP contribution in [0.1, 0.15) is 31.7 Å². The number of aromatic amines is 1. The number of aromatic nitrogens is 6. The fourth-order valence-corrected chi connectivity index (χ4v) is 4.93. The summed E-state index contributed by atoms with van der Waals surface area (Å²) in [5.41, 5.74) is 1.38. The number of H-pyrrole nitrogens is 1. The summed E-state index contributed by atoms with van der Waals surface area (Å²) >= 11 is 0. The van der Waals surface area contributed by atoms with Gasteiger partial charge in [-0.05, 0) is 31.0 Å². The average Bonchev–Trinajstić information content (AvgIpc) is 3.47. The van der Waals surface area contributed by atoms with E-state index in [1.54, 1.807) is 12.4 Å². The number of rotatable bonds is 4. The molecule has 4 aromatic heterocycles. The van der Waals surface area contributed by atoms with E-state index in [9.17, 15) is 4.79 Å². The van der Waals surface area contributed by atoms with Gasteiger partial charge < -0.3 is 25.1 Å². The van der Waals surface area contributed by atoms with Crippen LogP contribution in [-0.2, 0) is 0 Å². The van der Waals surface area contributed by atoms with Gasteiger partial charge in [-0.15, -0.1) is 10.2 Å². The standard InChI is InChI=1S/C22H25N9O/c32-21-19-15(7-8-24-21)16-13-25-22(27-20(16)31(19)14-3-1-2-4-14)26-17-5-6-18(29-28-17)30-11-9-23-10-12-30/h5-8,13-14,23H,1-4,9-12H2,(H,24,32)(H,25,26,27,28). The minimum absolute atomic E-state index is 0.0868. The Morgan fingerprint density at radius 1 is 1.03 bits per heavy atom. The van der Waals surface area contributed by atoms with Crippen molar-refractivity contribution < 1.29 is 0 Å². The lowest BCUT2D eigenvalue weighted by Crippen LogP contribution is -2.43. The Labute approximate surface area is 184 Å². The molecule has 0 spiro atoms. The summed E-state index contributed by atoms with van der Waals surface area (Å²) < 4.78 is 2.11. The third-order valence-electron chi connectivity index (χ3n) is 6.48. The molecule has 164 valence electrons. The highest BCUT2D eigenvalue weighted by Gasteiger charge is 2.24. The van der Waals surface area contributed by atoms with Gasteiger partial charge in [0.15, 0.2) is 11.6 Å². The molecule has 0 aromatic carbocycles. The molecule has 10 heteroatoms. The Balaban J connectivity index is 1.36. The van der Waals surface area contributed by atoms with Crippen molar-refractivity contribution in [2.24, 2.45) is 0 Å². The van der Waals surface area contributed by atoms with E-state index in [0.29, 0.717) is 17.3 Å². The Bertz CT molecular complexity index is 1320. The first-order valence-electron chi connectivity index (χ1n) is 11.2. The summed E-state index contributed by atoms with van der Waals surface area (Å²) in [6.45, 7) is 3.75. The van der Waals surface area contributed by atoms with Gasteiger partial charge in [0.05, 0.1) is 0 Å². The van der Waals surface area contributed by atoms with E-state index in [1.165, 1.54) is 12.8 Å². The van der Waals surface area contributed by atoms with E-state index in [0.717, 1.165) is 61.3 Å². The highest BCUT2D eigenvalue weighted by atomic mass is 16.1. The van der Waals surface area contributed by atoms with Crippen LogP contribution in [0, 0.1) is 0 Å². The van der Waals surface area contributed by atoms with Crippen molar-refractivity contribution in [1.29, 1.82) is 0 Å². The van der Waals surface area contributed by atoms with Crippen LogP contribution in [-0.4, -0.2) is 55.9 Å². The zero-order valence-corrected chi connectivity index (χ0v) is 17.7. The van der Waals surface area contributed by atoms with E-state index in [-0.39, 0.29) is 11.6 Å². The molecule has 2 fully saturated rings. The van der Waals surface area contributed by atoms with E-state index >= 15 is 0 Å². The van der Waals surface area contributed by atoms with E-state index < -0.39 is 0 Å². The maximum Gasteiger partial charge on any atom is 0.272 e. The molecule has 32 heavy (non-hydrogen) atoms. The van der Waals surface area contributed by atoms with Crippen molar-refractivity contribution in [3.63, 3.8) is 0 Å². The molecule has 1 saturated carbocycles. The van der Waals surface area contributed by atoms with Gasteiger partial charge in [-0.1, -0.05) is 12.8 Å². The number of anilines is 3. The lowest BCUT2D eigenvalue weighted by molar-refractivity contribution is 0.545. The normalized spacial score (nSPS) is 17.4. The zero-order valence-electron chi connectivity index (χ0n) is 17.7. The Kier molecular flexibility index (Phi) is 4.71. The summed E-state index contributed by atoms with van der Waals surface area (Å²) in [4.78, 5) is 27.0. The van der Waals surface area contributed by atoms with E-state index in [4.69, 9.17) is 4.98 Å². The van der Waals surface area contributed by atoms with Gasteiger partial charge in [-0.2, -0.15) is 4.98 Å². The molecule has 1 aliphatic heterocycles. The number of nitrogens with zero attached hydrogens (tertiary/aromatic N) is 6. The van der Waals surface area contributed by atoms with Crippen LogP contribution in [0.25, 0.3) is 21.9 Å². The number of piperazine rings is 1. The number of hydrogen-bond donors (Lipinski definition) is 3. The lowest BCUT2D eigenvalue weighted by Gasteiger charge is -2.27. The predicted octanol–water partition coefficient (Wildman–Crippen LogP) is 2.33. The van der Waals surface area contributed by atoms with Crippen molar-refractivity contribution >= 4 is 39.5 Å². The number of pyridine rings is 1. The minimum Gasteiger partial charge on any atom is -0.353 e. The van der Waals surface area contributed by atoms with Crippen LogP contribution in [0.2, 0.25) is 0 Å². The Morgan fingerprint density at radius 2 is 1.88 bits per heavy atom. The quantitative estimate of drug-likeness (QED) is 0.451. The second-order valence-corrected chi connectivity index (χ2v) is 8.45. The monoisotopic (exact) mass is 431 g/mol. The fraction of sp³-hybridized carbons (Fsp3) is 0.409. The highest BCUT2D eigenvalue weighted by Crippen LogP contribution is 2.36. The first-order chi connectivity index (χ1) is 15.8. The smallest absolute Gasteiger partial charge is 0.272 e. The van der Waals surface area contributed by atoms with E-state index in [2.05, 4.69) is 40.3 Å². The van der Waals surface area contributed by atoms with Gasteiger partial charge in [0.2, 0.25) is 5.95 Å². The molecule has 0 radical (unpaired) electrons. The maximum absolute atomic E-state index is 12.7. The average molecular weight is 432 g/mol. The summed E-state index contributed by atoms with van der Waals surface area (Å²) in [7, 11) is 0. The molecule has 3 N–H and O–H groups in total. The molecule has 6 rings (SSSR count). The van der Waals surface area contributed by atoms with Gasteiger partial charge in [0.25, 0.3) is 5.56 Å². The number of hydrogen-bond acceptors (Lipinski definition) is 8. The van der Waals surface area contributed by atoms with Crippen LogP contribution in [0.5, 0.6) is 0 Å². The number of nitrogens with one attached hydrogen (secondary N) is 3. The van der Waals surface area contributed by atoms with Crippen LogP contribution < -0.4 is 21.1 Å². The molecule has 0 unspecified atom stereocenters. The van der Waals surface area contributed by atoms with E-state index in [1.807, 2.05) is 18.2 Å². The molecule has 2 aliphatic rings. The predicted molar refractivity (Wildman–Crippen MR) is 124 cm³/mol. The lowest BCUT2D eigenvalue weighted by atomic mass is 10.2. The van der Waals surface area contributed by atoms with Crippen molar-refractivity contribution in [3.05, 3.63) is 40.9 Å². The maximum atomic E-state index is 12.7. The molecule has 5 heterocycles. The topological polar surface area (TPSA) is 117 Å². The van der Waals surface area contributed by atoms with Gasteiger partial charge in [0.1, 0.15) is 11.2 Å². The third kappa shape index (κ3) is 3.27. The van der Waals surface area contributed by atoms with Crippen molar-refractivity contribution in [2.75, 3.05) is 36.4 Å². The molecular weight excluding hydrogens is 406 g/mol. The molecule has 0 bridgehead atoms. The molecular formula is C22H25N9O. The minimum atomic E-state index is -0.0868. The van der Waals surface area contributed by atoms with Crippen molar-refractivity contribution in [3.8, 4) is 0 Å². The first kappa shape index (κ1) is 19.2. The summed E-state index contributed by atoms with van der Waals surface area (Å²) in [6, 6.07) is 6.07. The van der Waals surface area contributed by atoms with Gasteiger partial charge in [-0.25, -0.2) is 4.98 Å². The van der Waals surface area contributed by atoms with Crippen molar-refractivity contribution in [2.45, 2.75) is 31.7 Å².